The Bertz CT molecular complexity index is 439. The van der Waals surface area contributed by atoms with Crippen molar-refractivity contribution in [3.05, 3.63) is 35.6 Å². The number of piperidine rings is 1. The maximum Gasteiger partial charge on any atom is 0.128 e. The summed E-state index contributed by atoms with van der Waals surface area (Å²) in [6.07, 6.45) is 2.33. The molecule has 21 heavy (non-hydrogen) atoms. The Hall–Kier alpha value is -0.970. The van der Waals surface area contributed by atoms with Crippen LogP contribution in [-0.2, 0) is 0 Å². The van der Waals surface area contributed by atoms with E-state index in [-0.39, 0.29) is 17.9 Å². The van der Waals surface area contributed by atoms with Gasteiger partial charge < -0.3 is 10.6 Å². The summed E-state index contributed by atoms with van der Waals surface area (Å²) in [5, 5.41) is 0. The molecule has 0 aromatic heterocycles. The first-order valence-electron chi connectivity index (χ1n) is 7.88. The molecule has 0 radical (unpaired) electrons. The second-order valence-electron chi connectivity index (χ2n) is 6.57. The van der Waals surface area contributed by atoms with Gasteiger partial charge in [0.05, 0.1) is 6.04 Å². The summed E-state index contributed by atoms with van der Waals surface area (Å²) in [6, 6.07) is 6.94. The molecule has 3 nitrogen and oxygen atoms in total. The Morgan fingerprint density at radius 2 is 1.90 bits per heavy atom. The molecular weight excluding hydrogens is 265 g/mol. The SMILES string of the molecule is CC(N)C(c1ccccc1F)N1CCC(CN(C)C)CC1. The van der Waals surface area contributed by atoms with Crippen LogP contribution < -0.4 is 5.73 Å². The number of halogens is 1. The Balaban J connectivity index is 2.06. The zero-order chi connectivity index (χ0) is 15.4. The summed E-state index contributed by atoms with van der Waals surface area (Å²) in [7, 11) is 4.24. The smallest absolute Gasteiger partial charge is 0.128 e. The van der Waals surface area contributed by atoms with E-state index >= 15 is 0 Å². The second-order valence-corrected chi connectivity index (χ2v) is 6.57. The van der Waals surface area contributed by atoms with Gasteiger partial charge in [-0.3, -0.25) is 4.90 Å². The average Bonchev–Trinajstić information content (AvgIpc) is 2.42. The minimum Gasteiger partial charge on any atom is -0.326 e. The molecule has 0 saturated carbocycles. The van der Waals surface area contributed by atoms with Gasteiger partial charge in [0, 0.05) is 18.2 Å². The first kappa shape index (κ1) is 16.4. The Morgan fingerprint density at radius 1 is 1.29 bits per heavy atom. The van der Waals surface area contributed by atoms with E-state index in [1.54, 1.807) is 6.07 Å². The van der Waals surface area contributed by atoms with E-state index in [4.69, 9.17) is 5.73 Å². The van der Waals surface area contributed by atoms with Gasteiger partial charge >= 0.3 is 0 Å². The quantitative estimate of drug-likeness (QED) is 0.905. The molecule has 0 bridgehead atoms. The molecule has 2 rings (SSSR count). The lowest BCUT2D eigenvalue weighted by atomic mass is 9.91. The van der Waals surface area contributed by atoms with Crippen molar-refractivity contribution in [2.45, 2.75) is 31.8 Å². The predicted molar refractivity (Wildman–Crippen MR) is 85.6 cm³/mol. The Kier molecular flexibility index (Phi) is 5.73. The van der Waals surface area contributed by atoms with Gasteiger partial charge in [-0.05, 0) is 58.9 Å². The number of nitrogens with two attached hydrogens (primary N) is 1. The third-order valence-electron chi connectivity index (χ3n) is 4.39. The van der Waals surface area contributed by atoms with E-state index in [0.29, 0.717) is 0 Å². The number of hydrogen-bond acceptors (Lipinski definition) is 3. The third kappa shape index (κ3) is 4.25. The van der Waals surface area contributed by atoms with Crippen LogP contribution in [0.15, 0.2) is 24.3 Å². The molecular formula is C17H28FN3. The van der Waals surface area contributed by atoms with E-state index in [1.165, 1.54) is 6.07 Å². The number of likely N-dealkylation sites (tertiary alicyclic amines) is 1. The second kappa shape index (κ2) is 7.34. The zero-order valence-corrected chi connectivity index (χ0v) is 13.4. The molecule has 0 spiro atoms. The van der Waals surface area contributed by atoms with Crippen LogP contribution in [0.2, 0.25) is 0 Å². The van der Waals surface area contributed by atoms with Gasteiger partial charge in [-0.25, -0.2) is 4.39 Å². The molecule has 2 unspecified atom stereocenters. The van der Waals surface area contributed by atoms with Crippen LogP contribution >= 0.6 is 0 Å². The molecule has 1 aromatic carbocycles. The van der Waals surface area contributed by atoms with E-state index in [9.17, 15) is 4.39 Å². The highest BCUT2D eigenvalue weighted by molar-refractivity contribution is 5.23. The maximum absolute atomic E-state index is 14.1. The monoisotopic (exact) mass is 293 g/mol. The van der Waals surface area contributed by atoms with Crippen LogP contribution in [0.3, 0.4) is 0 Å². The van der Waals surface area contributed by atoms with Crippen molar-refractivity contribution in [2.75, 3.05) is 33.7 Å². The summed E-state index contributed by atoms with van der Waals surface area (Å²) >= 11 is 0. The summed E-state index contributed by atoms with van der Waals surface area (Å²) in [6.45, 7) is 5.11. The van der Waals surface area contributed by atoms with Crippen LogP contribution in [0.4, 0.5) is 4.39 Å². The molecule has 4 heteroatoms. The summed E-state index contributed by atoms with van der Waals surface area (Å²) in [5.74, 6) is 0.598. The van der Waals surface area contributed by atoms with Crippen molar-refractivity contribution in [3.8, 4) is 0 Å². The molecule has 0 amide bonds. The molecule has 1 saturated heterocycles. The molecule has 1 aliphatic heterocycles. The minimum atomic E-state index is -0.143. The van der Waals surface area contributed by atoms with Gasteiger partial charge in [-0.2, -0.15) is 0 Å². The maximum atomic E-state index is 14.1. The van der Waals surface area contributed by atoms with E-state index in [1.807, 2.05) is 19.1 Å². The van der Waals surface area contributed by atoms with Crippen molar-refractivity contribution < 1.29 is 4.39 Å². The van der Waals surface area contributed by atoms with Gasteiger partial charge in [0.25, 0.3) is 0 Å². The van der Waals surface area contributed by atoms with Crippen LogP contribution in [0.5, 0.6) is 0 Å². The molecule has 2 N–H and O–H groups in total. The summed E-state index contributed by atoms with van der Waals surface area (Å²) in [5.41, 5.74) is 6.90. The fraction of sp³-hybridized carbons (Fsp3) is 0.647. The topological polar surface area (TPSA) is 32.5 Å². The normalized spacial score (nSPS) is 20.7. The predicted octanol–water partition coefficient (Wildman–Crippen LogP) is 2.49. The van der Waals surface area contributed by atoms with Crippen molar-refractivity contribution >= 4 is 0 Å². The first-order chi connectivity index (χ1) is 9.99. The zero-order valence-electron chi connectivity index (χ0n) is 13.4. The van der Waals surface area contributed by atoms with Crippen LogP contribution in [0, 0.1) is 11.7 Å². The average molecular weight is 293 g/mol. The Labute approximate surface area is 127 Å². The number of rotatable bonds is 5. The largest absolute Gasteiger partial charge is 0.326 e. The molecule has 118 valence electrons. The lowest BCUT2D eigenvalue weighted by Crippen LogP contribution is -2.45. The highest BCUT2D eigenvalue weighted by Gasteiger charge is 2.30. The van der Waals surface area contributed by atoms with Gasteiger partial charge in [0.2, 0.25) is 0 Å². The number of hydrogen-bond donors (Lipinski definition) is 1. The fourth-order valence-electron chi connectivity index (χ4n) is 3.46. The molecule has 0 aliphatic carbocycles. The van der Waals surface area contributed by atoms with E-state index < -0.39 is 0 Å². The number of nitrogens with zero attached hydrogens (tertiary/aromatic N) is 2. The van der Waals surface area contributed by atoms with Crippen LogP contribution in [-0.4, -0.2) is 49.6 Å². The van der Waals surface area contributed by atoms with Crippen molar-refractivity contribution in [2.24, 2.45) is 11.7 Å². The van der Waals surface area contributed by atoms with Gasteiger partial charge in [-0.1, -0.05) is 18.2 Å². The fourth-order valence-corrected chi connectivity index (χ4v) is 3.46. The minimum absolute atomic E-state index is 0.0218. The van der Waals surface area contributed by atoms with Crippen molar-refractivity contribution in [1.82, 2.24) is 9.80 Å². The molecule has 1 aliphatic rings. The van der Waals surface area contributed by atoms with Gasteiger partial charge in [0.1, 0.15) is 5.82 Å². The van der Waals surface area contributed by atoms with Gasteiger partial charge in [-0.15, -0.1) is 0 Å². The lowest BCUT2D eigenvalue weighted by molar-refractivity contribution is 0.106. The van der Waals surface area contributed by atoms with Gasteiger partial charge in [0.15, 0.2) is 0 Å². The first-order valence-corrected chi connectivity index (χ1v) is 7.88. The van der Waals surface area contributed by atoms with E-state index in [2.05, 4.69) is 23.9 Å². The summed E-state index contributed by atoms with van der Waals surface area (Å²) in [4.78, 5) is 4.61. The number of benzene rings is 1. The Morgan fingerprint density at radius 3 is 2.43 bits per heavy atom. The van der Waals surface area contributed by atoms with Crippen molar-refractivity contribution in [1.29, 1.82) is 0 Å². The molecule has 1 aromatic rings. The van der Waals surface area contributed by atoms with Crippen LogP contribution in [0.25, 0.3) is 0 Å². The molecule has 1 heterocycles. The standard InChI is InChI=1S/C17H28FN3/c1-13(19)17(15-6-4-5-7-16(15)18)21-10-8-14(9-11-21)12-20(2)3/h4-7,13-14,17H,8-12,19H2,1-3H3. The van der Waals surface area contributed by atoms with Crippen LogP contribution in [0.1, 0.15) is 31.4 Å². The van der Waals surface area contributed by atoms with Crippen molar-refractivity contribution in [3.63, 3.8) is 0 Å². The summed E-state index contributed by atoms with van der Waals surface area (Å²) < 4.78 is 14.1. The lowest BCUT2D eigenvalue weighted by Gasteiger charge is -2.40. The third-order valence-corrected chi connectivity index (χ3v) is 4.39. The molecule has 1 fully saturated rings. The highest BCUT2D eigenvalue weighted by Crippen LogP contribution is 2.30. The highest BCUT2D eigenvalue weighted by atomic mass is 19.1. The van der Waals surface area contributed by atoms with E-state index in [0.717, 1.165) is 44.0 Å². The molecule has 2 atom stereocenters.